The predicted octanol–water partition coefficient (Wildman–Crippen LogP) is 3.05. The van der Waals surface area contributed by atoms with Gasteiger partial charge in [0, 0.05) is 18.1 Å². The van der Waals surface area contributed by atoms with Gasteiger partial charge in [0.15, 0.2) is 0 Å². The number of esters is 1. The largest absolute Gasteiger partial charge is 0.466 e. The molecule has 3 unspecified atom stereocenters. The van der Waals surface area contributed by atoms with Crippen LogP contribution in [0.5, 0.6) is 0 Å². The fourth-order valence-electron chi connectivity index (χ4n) is 3.11. The van der Waals surface area contributed by atoms with Crippen LogP contribution < -0.4 is 0 Å². The van der Waals surface area contributed by atoms with E-state index in [0.29, 0.717) is 24.7 Å². The first-order valence-corrected chi connectivity index (χ1v) is 9.31. The summed E-state index contributed by atoms with van der Waals surface area (Å²) < 4.78 is 10.9. The van der Waals surface area contributed by atoms with Crippen LogP contribution in [0.25, 0.3) is 0 Å². The molecule has 1 aliphatic rings. The molecule has 1 aliphatic heterocycles. The van der Waals surface area contributed by atoms with Gasteiger partial charge in [0.25, 0.3) is 0 Å². The zero-order valence-corrected chi connectivity index (χ0v) is 15.7. The molecule has 1 saturated heterocycles. The summed E-state index contributed by atoms with van der Waals surface area (Å²) in [6, 6.07) is 7.51. The Labute approximate surface area is 154 Å². The first-order chi connectivity index (χ1) is 12.0. The maximum Gasteiger partial charge on any atom is 0.310 e. The van der Waals surface area contributed by atoms with Gasteiger partial charge >= 0.3 is 5.97 Å². The molecular weight excluding hydrogens is 342 g/mol. The Balaban J connectivity index is 1.74. The van der Waals surface area contributed by atoms with Crippen molar-refractivity contribution in [2.24, 2.45) is 5.92 Å². The monoisotopic (exact) mass is 369 g/mol. The molecule has 1 N–H and O–H groups in total. The van der Waals surface area contributed by atoms with Crippen molar-refractivity contribution in [3.8, 4) is 0 Å². The van der Waals surface area contributed by atoms with Gasteiger partial charge in [0.2, 0.25) is 0 Å². The molecule has 0 aliphatic carbocycles. The number of hydrogen-bond acceptors (Lipinski definition) is 5. The summed E-state index contributed by atoms with van der Waals surface area (Å²) >= 11 is 5.89. The van der Waals surface area contributed by atoms with Gasteiger partial charge in [-0.2, -0.15) is 0 Å². The Morgan fingerprint density at radius 2 is 2.12 bits per heavy atom. The normalized spacial score (nSPS) is 20.9. The Bertz CT molecular complexity index is 537. The minimum atomic E-state index is -0.587. The third kappa shape index (κ3) is 6.59. The minimum Gasteiger partial charge on any atom is -0.466 e. The molecule has 1 fully saturated rings. The van der Waals surface area contributed by atoms with Crippen molar-refractivity contribution in [3.05, 3.63) is 34.9 Å². The topological polar surface area (TPSA) is 59.0 Å². The van der Waals surface area contributed by atoms with Crippen molar-refractivity contribution in [1.82, 2.24) is 4.90 Å². The van der Waals surface area contributed by atoms with Gasteiger partial charge in [-0.15, -0.1) is 0 Å². The van der Waals surface area contributed by atoms with Crippen LogP contribution in [0.2, 0.25) is 5.02 Å². The second-order valence-corrected chi connectivity index (χ2v) is 6.97. The molecule has 1 aromatic rings. The van der Waals surface area contributed by atoms with Crippen molar-refractivity contribution in [1.29, 1.82) is 0 Å². The van der Waals surface area contributed by atoms with E-state index in [1.165, 1.54) is 0 Å². The maximum atomic E-state index is 11.9. The van der Waals surface area contributed by atoms with E-state index in [2.05, 4.69) is 4.90 Å². The molecule has 0 radical (unpaired) electrons. The lowest BCUT2D eigenvalue weighted by Gasteiger charge is -2.32. The molecule has 140 valence electrons. The number of carbonyl (C=O) groups is 1. The number of nitrogens with zero attached hydrogens (tertiary/aromatic N) is 1. The van der Waals surface area contributed by atoms with Gasteiger partial charge in [-0.1, -0.05) is 23.7 Å². The van der Waals surface area contributed by atoms with E-state index in [0.717, 1.165) is 24.9 Å². The lowest BCUT2D eigenvalue weighted by Crippen LogP contribution is -2.43. The highest BCUT2D eigenvalue weighted by Crippen LogP contribution is 2.21. The molecule has 6 heteroatoms. The number of hydrogen-bond donors (Lipinski definition) is 1. The average molecular weight is 370 g/mol. The first-order valence-electron chi connectivity index (χ1n) is 8.93. The van der Waals surface area contributed by atoms with E-state index >= 15 is 0 Å². The number of β-amino-alcohol motifs (C(OH)–C–C–N with tert-alkyl or cyclic N) is 1. The van der Waals surface area contributed by atoms with E-state index in [1.807, 2.05) is 38.1 Å². The summed E-state index contributed by atoms with van der Waals surface area (Å²) in [6.45, 7) is 6.47. The average Bonchev–Trinajstić information content (AvgIpc) is 2.61. The van der Waals surface area contributed by atoms with E-state index in [1.54, 1.807) is 0 Å². The Kier molecular flexibility index (Phi) is 8.16. The molecule has 0 amide bonds. The summed E-state index contributed by atoms with van der Waals surface area (Å²) in [6.07, 6.45) is 1.10. The Morgan fingerprint density at radius 1 is 1.40 bits per heavy atom. The van der Waals surface area contributed by atoms with Crippen LogP contribution in [0.3, 0.4) is 0 Å². The maximum absolute atomic E-state index is 11.9. The number of aliphatic hydroxyl groups excluding tert-OH is 1. The Morgan fingerprint density at radius 3 is 2.80 bits per heavy atom. The van der Waals surface area contributed by atoms with Crippen LogP contribution in [-0.4, -0.2) is 54.9 Å². The third-order valence-corrected chi connectivity index (χ3v) is 4.72. The minimum absolute atomic E-state index is 0.0881. The second kappa shape index (κ2) is 10.1. The molecule has 0 saturated carbocycles. The zero-order chi connectivity index (χ0) is 18.2. The quantitative estimate of drug-likeness (QED) is 0.714. The van der Waals surface area contributed by atoms with Crippen molar-refractivity contribution >= 4 is 17.6 Å². The fourth-order valence-corrected chi connectivity index (χ4v) is 3.24. The molecule has 0 bridgehead atoms. The van der Waals surface area contributed by atoms with Crippen LogP contribution >= 0.6 is 11.6 Å². The molecule has 2 rings (SSSR count). The number of benzene rings is 1. The summed E-state index contributed by atoms with van der Waals surface area (Å²) in [5.74, 6) is -0.218. The molecule has 1 aromatic carbocycles. The molecular formula is C19H28ClNO4. The molecule has 25 heavy (non-hydrogen) atoms. The Hall–Kier alpha value is -1.14. The summed E-state index contributed by atoms with van der Waals surface area (Å²) in [5.41, 5.74) is 1.02. The van der Waals surface area contributed by atoms with E-state index in [-0.39, 0.29) is 24.6 Å². The highest BCUT2D eigenvalue weighted by atomic mass is 35.5. The van der Waals surface area contributed by atoms with Gasteiger partial charge < -0.3 is 14.6 Å². The second-order valence-electron chi connectivity index (χ2n) is 6.53. The SMILES string of the molecule is CCOC(=O)C1CCCN(CC(O)COC(C)c2ccc(Cl)cc2)C1. The van der Waals surface area contributed by atoms with Crippen molar-refractivity contribution in [2.45, 2.75) is 38.9 Å². The highest BCUT2D eigenvalue weighted by molar-refractivity contribution is 6.30. The van der Waals surface area contributed by atoms with Crippen LogP contribution in [0.4, 0.5) is 0 Å². The standard InChI is InChI=1S/C19H28ClNO4/c1-3-24-19(23)16-5-4-10-21(11-16)12-18(22)13-25-14(2)15-6-8-17(20)9-7-15/h6-9,14,16,18,22H,3-5,10-13H2,1-2H3. The van der Waals surface area contributed by atoms with Gasteiger partial charge in [-0.25, -0.2) is 0 Å². The van der Waals surface area contributed by atoms with E-state index < -0.39 is 6.10 Å². The van der Waals surface area contributed by atoms with Gasteiger partial charge in [-0.05, 0) is 50.9 Å². The zero-order valence-electron chi connectivity index (χ0n) is 15.0. The number of piperidine rings is 1. The van der Waals surface area contributed by atoms with Crippen LogP contribution in [0.1, 0.15) is 38.4 Å². The van der Waals surface area contributed by atoms with Gasteiger partial charge in [0.05, 0.1) is 31.3 Å². The van der Waals surface area contributed by atoms with E-state index in [9.17, 15) is 9.90 Å². The third-order valence-electron chi connectivity index (χ3n) is 4.47. The van der Waals surface area contributed by atoms with Crippen molar-refractivity contribution in [3.63, 3.8) is 0 Å². The van der Waals surface area contributed by atoms with Gasteiger partial charge in [-0.3, -0.25) is 9.69 Å². The lowest BCUT2D eigenvalue weighted by atomic mass is 9.98. The smallest absolute Gasteiger partial charge is 0.310 e. The van der Waals surface area contributed by atoms with Crippen LogP contribution in [0, 0.1) is 5.92 Å². The molecule has 0 aromatic heterocycles. The first kappa shape index (κ1) is 20.2. The summed E-state index contributed by atoms with van der Waals surface area (Å²) in [5, 5.41) is 11.0. The number of aliphatic hydroxyl groups is 1. The molecule has 1 heterocycles. The number of ether oxygens (including phenoxy) is 2. The fraction of sp³-hybridized carbons (Fsp3) is 0.632. The molecule has 3 atom stereocenters. The summed E-state index contributed by atoms with van der Waals surface area (Å²) in [7, 11) is 0. The van der Waals surface area contributed by atoms with Gasteiger partial charge in [0.1, 0.15) is 0 Å². The molecule has 0 spiro atoms. The number of carbonyl (C=O) groups excluding carboxylic acids is 1. The number of likely N-dealkylation sites (tertiary alicyclic amines) is 1. The number of rotatable bonds is 8. The van der Waals surface area contributed by atoms with Crippen LogP contribution in [-0.2, 0) is 14.3 Å². The van der Waals surface area contributed by atoms with E-state index in [4.69, 9.17) is 21.1 Å². The summed E-state index contributed by atoms with van der Waals surface area (Å²) in [4.78, 5) is 14.0. The molecule has 5 nitrogen and oxygen atoms in total. The predicted molar refractivity (Wildman–Crippen MR) is 97.6 cm³/mol. The van der Waals surface area contributed by atoms with Crippen LogP contribution in [0.15, 0.2) is 24.3 Å². The van der Waals surface area contributed by atoms with Crippen molar-refractivity contribution < 1.29 is 19.4 Å². The van der Waals surface area contributed by atoms with Crippen molar-refractivity contribution in [2.75, 3.05) is 32.8 Å². The highest BCUT2D eigenvalue weighted by Gasteiger charge is 2.27. The number of halogens is 1. The lowest BCUT2D eigenvalue weighted by molar-refractivity contribution is -0.150.